The molecule has 0 aliphatic rings. The van der Waals surface area contributed by atoms with Crippen LogP contribution in [-0.4, -0.2) is 32.8 Å². The maximum atomic E-state index is 5.68. The molecule has 1 unspecified atom stereocenters. The van der Waals surface area contributed by atoms with Crippen molar-refractivity contribution in [1.82, 2.24) is 5.32 Å². The van der Waals surface area contributed by atoms with Gasteiger partial charge in [0.1, 0.15) is 0 Å². The molecule has 0 rings (SSSR count). The van der Waals surface area contributed by atoms with Crippen molar-refractivity contribution in [3.8, 4) is 0 Å². The molecule has 0 aromatic carbocycles. The molecule has 0 fully saturated rings. The largest absolute Gasteiger partial charge is 0.385 e. The van der Waals surface area contributed by atoms with E-state index >= 15 is 0 Å². The predicted octanol–water partition coefficient (Wildman–Crippen LogP) is 1.77. The summed E-state index contributed by atoms with van der Waals surface area (Å²) in [6.45, 7) is 9.56. The monoisotopic (exact) mass is 216 g/mol. The lowest BCUT2D eigenvalue weighted by Gasteiger charge is -2.24. The van der Waals surface area contributed by atoms with Crippen LogP contribution in [0.5, 0.6) is 0 Å². The van der Waals surface area contributed by atoms with E-state index < -0.39 is 0 Å². The molecule has 0 aromatic heterocycles. The zero-order chi connectivity index (χ0) is 11.7. The Balaban J connectivity index is 3.40. The molecule has 92 valence electrons. The van der Waals surface area contributed by atoms with Gasteiger partial charge < -0.3 is 15.8 Å². The van der Waals surface area contributed by atoms with Gasteiger partial charge in [0, 0.05) is 26.3 Å². The number of nitrogens with one attached hydrogen (secondary N) is 1. The molecule has 0 bridgehead atoms. The third-order valence-corrected chi connectivity index (χ3v) is 2.60. The molecule has 1 atom stereocenters. The van der Waals surface area contributed by atoms with Crippen LogP contribution in [0.3, 0.4) is 0 Å². The van der Waals surface area contributed by atoms with E-state index in [-0.39, 0.29) is 0 Å². The fourth-order valence-corrected chi connectivity index (χ4v) is 1.44. The van der Waals surface area contributed by atoms with Gasteiger partial charge in [-0.3, -0.25) is 0 Å². The topological polar surface area (TPSA) is 47.3 Å². The van der Waals surface area contributed by atoms with Crippen LogP contribution >= 0.6 is 0 Å². The predicted molar refractivity (Wildman–Crippen MR) is 66.0 cm³/mol. The van der Waals surface area contributed by atoms with Crippen molar-refractivity contribution in [1.29, 1.82) is 0 Å². The Morgan fingerprint density at radius 1 is 1.40 bits per heavy atom. The van der Waals surface area contributed by atoms with Crippen molar-refractivity contribution in [2.75, 3.05) is 26.8 Å². The number of methoxy groups -OCH3 is 1. The minimum atomic E-state index is 0.324. The van der Waals surface area contributed by atoms with Gasteiger partial charge in [-0.05, 0) is 38.1 Å². The van der Waals surface area contributed by atoms with E-state index in [4.69, 9.17) is 10.5 Å². The number of rotatable bonds is 9. The van der Waals surface area contributed by atoms with E-state index in [0.717, 1.165) is 39.0 Å². The highest BCUT2D eigenvalue weighted by atomic mass is 16.5. The van der Waals surface area contributed by atoms with E-state index in [1.165, 1.54) is 0 Å². The van der Waals surface area contributed by atoms with E-state index in [1.807, 2.05) is 0 Å². The van der Waals surface area contributed by atoms with Crippen LogP contribution in [0, 0.1) is 5.41 Å². The van der Waals surface area contributed by atoms with Gasteiger partial charge >= 0.3 is 0 Å². The van der Waals surface area contributed by atoms with Crippen LogP contribution in [-0.2, 0) is 4.74 Å². The number of nitrogens with two attached hydrogens (primary N) is 1. The van der Waals surface area contributed by atoms with Crippen molar-refractivity contribution in [2.45, 2.75) is 46.1 Å². The second kappa shape index (κ2) is 8.08. The van der Waals surface area contributed by atoms with Crippen LogP contribution < -0.4 is 11.1 Å². The zero-order valence-corrected chi connectivity index (χ0v) is 10.8. The Kier molecular flexibility index (Phi) is 8.02. The summed E-state index contributed by atoms with van der Waals surface area (Å²) in [4.78, 5) is 0. The Hall–Kier alpha value is -0.120. The fourth-order valence-electron chi connectivity index (χ4n) is 1.44. The molecule has 0 radical (unpaired) electrons. The maximum Gasteiger partial charge on any atom is 0.0467 e. The van der Waals surface area contributed by atoms with Crippen molar-refractivity contribution >= 4 is 0 Å². The smallest absolute Gasteiger partial charge is 0.0467 e. The average molecular weight is 216 g/mol. The van der Waals surface area contributed by atoms with Gasteiger partial charge in [0.15, 0.2) is 0 Å². The van der Waals surface area contributed by atoms with Crippen LogP contribution in [0.4, 0.5) is 0 Å². The van der Waals surface area contributed by atoms with Crippen LogP contribution in [0.2, 0.25) is 0 Å². The first-order chi connectivity index (χ1) is 6.98. The summed E-state index contributed by atoms with van der Waals surface area (Å²) in [5.41, 5.74) is 6.01. The molecule has 0 amide bonds. The third kappa shape index (κ3) is 10.2. The standard InChI is InChI=1S/C12H28N2O/c1-11(13)6-5-8-14-10-12(2,3)7-9-15-4/h11,14H,5-10,13H2,1-4H3. The van der Waals surface area contributed by atoms with Gasteiger partial charge in [0.2, 0.25) is 0 Å². The first-order valence-corrected chi connectivity index (χ1v) is 5.93. The maximum absolute atomic E-state index is 5.68. The normalized spacial score (nSPS) is 14.2. The highest BCUT2D eigenvalue weighted by Gasteiger charge is 2.16. The van der Waals surface area contributed by atoms with Gasteiger partial charge in [-0.15, -0.1) is 0 Å². The Morgan fingerprint density at radius 3 is 2.60 bits per heavy atom. The SMILES string of the molecule is COCCC(C)(C)CNCCCC(C)N. The van der Waals surface area contributed by atoms with Crippen molar-refractivity contribution < 1.29 is 4.74 Å². The molecule has 15 heavy (non-hydrogen) atoms. The summed E-state index contributed by atoms with van der Waals surface area (Å²) < 4.78 is 5.09. The molecule has 3 N–H and O–H groups in total. The molecule has 3 nitrogen and oxygen atoms in total. The molecule has 0 aliphatic heterocycles. The molecule has 0 spiro atoms. The van der Waals surface area contributed by atoms with E-state index in [1.54, 1.807) is 7.11 Å². The third-order valence-electron chi connectivity index (χ3n) is 2.60. The summed E-state index contributed by atoms with van der Waals surface area (Å²) in [5.74, 6) is 0. The lowest BCUT2D eigenvalue weighted by atomic mass is 9.90. The van der Waals surface area contributed by atoms with Crippen molar-refractivity contribution in [3.63, 3.8) is 0 Å². The highest BCUT2D eigenvalue weighted by Crippen LogP contribution is 2.18. The van der Waals surface area contributed by atoms with Gasteiger partial charge in [-0.1, -0.05) is 13.8 Å². The van der Waals surface area contributed by atoms with Gasteiger partial charge in [-0.2, -0.15) is 0 Å². The van der Waals surface area contributed by atoms with Gasteiger partial charge in [-0.25, -0.2) is 0 Å². The number of hydrogen-bond donors (Lipinski definition) is 2. The lowest BCUT2D eigenvalue weighted by Crippen LogP contribution is -2.31. The van der Waals surface area contributed by atoms with Crippen molar-refractivity contribution in [2.24, 2.45) is 11.1 Å². The zero-order valence-electron chi connectivity index (χ0n) is 10.8. The highest BCUT2D eigenvalue weighted by molar-refractivity contribution is 4.71. The number of hydrogen-bond acceptors (Lipinski definition) is 3. The second-order valence-electron chi connectivity index (χ2n) is 5.20. The molecular weight excluding hydrogens is 188 g/mol. The Labute approximate surface area is 94.8 Å². The lowest BCUT2D eigenvalue weighted by molar-refractivity contribution is 0.151. The van der Waals surface area contributed by atoms with Gasteiger partial charge in [0.05, 0.1) is 0 Å². The Bertz CT molecular complexity index is 147. The molecule has 0 saturated carbocycles. The van der Waals surface area contributed by atoms with Crippen LogP contribution in [0.15, 0.2) is 0 Å². The Morgan fingerprint density at radius 2 is 2.07 bits per heavy atom. The first kappa shape index (κ1) is 14.9. The van der Waals surface area contributed by atoms with E-state index in [0.29, 0.717) is 11.5 Å². The number of ether oxygens (including phenoxy) is 1. The summed E-state index contributed by atoms with van der Waals surface area (Å²) in [6.07, 6.45) is 3.37. The quantitative estimate of drug-likeness (QED) is 0.577. The van der Waals surface area contributed by atoms with Gasteiger partial charge in [0.25, 0.3) is 0 Å². The molecular formula is C12H28N2O. The average Bonchev–Trinajstić information content (AvgIpc) is 2.14. The molecule has 0 saturated heterocycles. The molecule has 3 heteroatoms. The van der Waals surface area contributed by atoms with Crippen molar-refractivity contribution in [3.05, 3.63) is 0 Å². The van der Waals surface area contributed by atoms with E-state index in [2.05, 4.69) is 26.1 Å². The second-order valence-corrected chi connectivity index (χ2v) is 5.20. The summed E-state index contributed by atoms with van der Waals surface area (Å²) in [7, 11) is 1.76. The fraction of sp³-hybridized carbons (Fsp3) is 1.00. The minimum absolute atomic E-state index is 0.324. The molecule has 0 aliphatic carbocycles. The summed E-state index contributed by atoms with van der Waals surface area (Å²) in [6, 6.07) is 0.327. The first-order valence-electron chi connectivity index (χ1n) is 5.93. The summed E-state index contributed by atoms with van der Waals surface area (Å²) >= 11 is 0. The summed E-state index contributed by atoms with van der Waals surface area (Å²) in [5, 5.41) is 3.48. The molecule has 0 heterocycles. The molecule has 0 aromatic rings. The minimum Gasteiger partial charge on any atom is -0.385 e. The van der Waals surface area contributed by atoms with Crippen LogP contribution in [0.1, 0.15) is 40.0 Å². The van der Waals surface area contributed by atoms with E-state index in [9.17, 15) is 0 Å². The van der Waals surface area contributed by atoms with Crippen LogP contribution in [0.25, 0.3) is 0 Å².